The van der Waals surface area contributed by atoms with Crippen LogP contribution in [0.15, 0.2) is 84.9 Å². The predicted octanol–water partition coefficient (Wildman–Crippen LogP) is 9.33. The van der Waals surface area contributed by atoms with Crippen LogP contribution in [0.4, 0.5) is 11.4 Å². The lowest BCUT2D eigenvalue weighted by Crippen LogP contribution is -2.48. The summed E-state index contributed by atoms with van der Waals surface area (Å²) in [5, 5.41) is 24.9. The van der Waals surface area contributed by atoms with Gasteiger partial charge in [-0.2, -0.15) is 27.0 Å². The quantitative estimate of drug-likeness (QED) is 0.114. The van der Waals surface area contributed by atoms with Crippen molar-refractivity contribution in [1.29, 1.82) is 10.8 Å². The van der Waals surface area contributed by atoms with Crippen molar-refractivity contribution in [2.24, 2.45) is 46.3 Å². The predicted molar refractivity (Wildman–Crippen MR) is 275 cm³/mol. The van der Waals surface area contributed by atoms with Gasteiger partial charge in [-0.25, -0.2) is 0 Å². The minimum Gasteiger partial charge on any atom is -0.338 e. The number of anilines is 2. The number of nitrogens with zero attached hydrogens (tertiary/aromatic N) is 4. The Morgan fingerprint density at radius 1 is 0.515 bits per heavy atom. The number of hydrogen-bond acceptors (Lipinski definition) is 4. The van der Waals surface area contributed by atoms with E-state index >= 15 is 0 Å². The van der Waals surface area contributed by atoms with E-state index in [0.29, 0.717) is 47.2 Å². The molecule has 3 aromatic carbocycles. The van der Waals surface area contributed by atoms with Crippen molar-refractivity contribution in [1.82, 2.24) is 19.6 Å². The standard InChI is InChI=1S/C54H70N8O2.2H2S/c55-51-59(33-47(24-37-8-3-1-4-9-37)61(51)16-14-53-27-39-18-40(28-53)20-41(19-39)29-53)35-49(63)57-45-12-7-13-46(26-45)58-50(64)36-60-34-48(25-38-10-5-2-6-11-38)62(52(60)56)17-15-54-30-42-21-43(31-54)23-44(22-42)32-54;;/h1-13,26,39-44,47-48,55-56H,14-25,27-36H2,(H,57,63)(H,58,64);2*1H2/t39?,40?,41?,42?,43?,44?,47-,48-,53?,54?;;/m0../s1. The number of benzene rings is 3. The van der Waals surface area contributed by atoms with E-state index < -0.39 is 0 Å². The molecule has 0 aromatic heterocycles. The lowest BCUT2D eigenvalue weighted by molar-refractivity contribution is -0.117. The normalized spacial score (nSPS) is 32.4. The Bertz CT molecular complexity index is 2000. The van der Waals surface area contributed by atoms with Crippen molar-refractivity contribution in [3.8, 4) is 0 Å². The first-order chi connectivity index (χ1) is 31.1. The van der Waals surface area contributed by atoms with Crippen LogP contribution in [0.1, 0.15) is 101 Å². The molecule has 0 radical (unpaired) electrons. The fourth-order valence-corrected chi connectivity index (χ4v) is 15.9. The van der Waals surface area contributed by atoms with E-state index in [1.807, 2.05) is 34.1 Å². The van der Waals surface area contributed by atoms with E-state index in [4.69, 9.17) is 0 Å². The van der Waals surface area contributed by atoms with Crippen molar-refractivity contribution in [2.75, 3.05) is 49.9 Å². The topological polar surface area (TPSA) is 119 Å². The van der Waals surface area contributed by atoms with Crippen LogP contribution >= 0.6 is 27.0 Å². The van der Waals surface area contributed by atoms with E-state index in [-0.39, 0.29) is 64.0 Å². The van der Waals surface area contributed by atoms with E-state index in [2.05, 4.69) is 81.1 Å². The first-order valence-electron chi connectivity index (χ1n) is 25.1. The number of amides is 2. The molecule has 0 unspecified atom stereocenters. The molecule has 2 amide bonds. The molecule has 2 saturated heterocycles. The SMILES string of the molecule is N=C1N(CC(=O)Nc2cccc(NC(=O)CN3C[C@H](Cc4ccccc4)N(CCC45CC6CC(CC(C6)C4)C5)C3=N)c2)C[C@H](Cc2ccccc2)N1CCC12CC3CC(CC(C3)C1)C2.S.S. The van der Waals surface area contributed by atoms with Gasteiger partial charge < -0.3 is 30.2 Å². The van der Waals surface area contributed by atoms with Crippen molar-refractivity contribution in [3.63, 3.8) is 0 Å². The Labute approximate surface area is 407 Å². The summed E-state index contributed by atoms with van der Waals surface area (Å²) in [6.07, 6.45) is 20.8. The van der Waals surface area contributed by atoms with Gasteiger partial charge in [-0.05, 0) is 178 Å². The molecule has 0 spiro atoms. The summed E-state index contributed by atoms with van der Waals surface area (Å²) in [5.41, 5.74) is 4.63. The number of carbonyl (C=O) groups is 2. The highest BCUT2D eigenvalue weighted by atomic mass is 32.1. The van der Waals surface area contributed by atoms with Gasteiger partial charge >= 0.3 is 0 Å². The lowest BCUT2D eigenvalue weighted by atomic mass is 9.49. The third-order valence-corrected chi connectivity index (χ3v) is 17.7. The van der Waals surface area contributed by atoms with Crippen LogP contribution in [0.5, 0.6) is 0 Å². The molecular formula is C54H74N8O2S2. The number of guanidine groups is 2. The average molecular weight is 931 g/mol. The second kappa shape index (κ2) is 19.4. The Morgan fingerprint density at radius 2 is 0.864 bits per heavy atom. The molecule has 2 aliphatic heterocycles. The van der Waals surface area contributed by atoms with Crippen LogP contribution in [0, 0.1) is 57.2 Å². The van der Waals surface area contributed by atoms with E-state index in [1.54, 1.807) is 0 Å². The minimum absolute atomic E-state index is 0. The zero-order chi connectivity index (χ0) is 43.4. The summed E-state index contributed by atoms with van der Waals surface area (Å²) in [6.45, 7) is 3.27. The van der Waals surface area contributed by atoms with Crippen molar-refractivity contribution >= 4 is 62.1 Å². The molecule has 8 aliphatic carbocycles. The van der Waals surface area contributed by atoms with Crippen LogP contribution < -0.4 is 10.6 Å². The Balaban J connectivity index is 0.00000274. The second-order valence-corrected chi connectivity index (χ2v) is 22.5. The molecule has 10 fully saturated rings. The third kappa shape index (κ3) is 10.0. The highest BCUT2D eigenvalue weighted by Crippen LogP contribution is 2.62. The molecule has 8 saturated carbocycles. The van der Waals surface area contributed by atoms with Crippen molar-refractivity contribution in [2.45, 2.75) is 115 Å². The highest BCUT2D eigenvalue weighted by Gasteiger charge is 2.52. The smallest absolute Gasteiger partial charge is 0.244 e. The molecule has 4 N–H and O–H groups in total. The monoisotopic (exact) mass is 931 g/mol. The number of nitrogens with one attached hydrogen (secondary N) is 4. The zero-order valence-corrected chi connectivity index (χ0v) is 40.9. The minimum atomic E-state index is -0.168. The first-order valence-corrected chi connectivity index (χ1v) is 25.1. The maximum absolute atomic E-state index is 13.7. The number of hydrogen-bond donors (Lipinski definition) is 4. The summed E-state index contributed by atoms with van der Waals surface area (Å²) >= 11 is 0. The highest BCUT2D eigenvalue weighted by molar-refractivity contribution is 7.59. The Hall–Kier alpha value is -4.16. The summed E-state index contributed by atoms with van der Waals surface area (Å²) in [5.74, 6) is 6.04. The third-order valence-electron chi connectivity index (χ3n) is 17.7. The van der Waals surface area contributed by atoms with Gasteiger partial charge in [0.2, 0.25) is 11.8 Å². The molecule has 66 heavy (non-hydrogen) atoms. The number of rotatable bonds is 16. The Kier molecular flexibility index (Phi) is 13.8. The maximum Gasteiger partial charge on any atom is 0.244 e. The van der Waals surface area contributed by atoms with Crippen LogP contribution in [-0.2, 0) is 22.4 Å². The van der Waals surface area contributed by atoms with Crippen molar-refractivity contribution < 1.29 is 9.59 Å². The van der Waals surface area contributed by atoms with Gasteiger partial charge in [0.05, 0.1) is 12.1 Å². The summed E-state index contributed by atoms with van der Waals surface area (Å²) in [7, 11) is 0. The van der Waals surface area contributed by atoms with Gasteiger partial charge in [-0.3, -0.25) is 20.4 Å². The van der Waals surface area contributed by atoms with Crippen LogP contribution in [0.2, 0.25) is 0 Å². The fraction of sp³-hybridized carbons (Fsp3) is 0.593. The van der Waals surface area contributed by atoms with Gasteiger partial charge in [0.25, 0.3) is 0 Å². The summed E-state index contributed by atoms with van der Waals surface area (Å²) < 4.78 is 0. The molecule has 10 nitrogen and oxygen atoms in total. The molecule has 13 rings (SSSR count). The molecular weight excluding hydrogens is 857 g/mol. The van der Waals surface area contributed by atoms with E-state index in [0.717, 1.165) is 74.3 Å². The molecule has 3 aromatic rings. The lowest BCUT2D eigenvalue weighted by Gasteiger charge is -2.57. The molecule has 354 valence electrons. The number of carbonyl (C=O) groups excluding carboxylic acids is 2. The Morgan fingerprint density at radius 3 is 1.21 bits per heavy atom. The van der Waals surface area contributed by atoms with Gasteiger partial charge in [0, 0.05) is 37.6 Å². The summed E-state index contributed by atoms with van der Waals surface area (Å²) in [4.78, 5) is 35.9. The van der Waals surface area contributed by atoms with Gasteiger partial charge in [0.1, 0.15) is 13.1 Å². The van der Waals surface area contributed by atoms with Crippen LogP contribution in [0.25, 0.3) is 0 Å². The van der Waals surface area contributed by atoms with Crippen LogP contribution in [-0.4, -0.2) is 94.7 Å². The summed E-state index contributed by atoms with van der Waals surface area (Å²) in [6, 6.07) is 28.9. The average Bonchev–Trinajstić information content (AvgIpc) is 3.70. The molecule has 8 bridgehead atoms. The zero-order valence-electron chi connectivity index (χ0n) is 38.9. The van der Waals surface area contributed by atoms with E-state index in [1.165, 1.54) is 88.2 Å². The second-order valence-electron chi connectivity index (χ2n) is 22.5. The van der Waals surface area contributed by atoms with Crippen molar-refractivity contribution in [3.05, 3.63) is 96.1 Å². The van der Waals surface area contributed by atoms with Gasteiger partial charge in [-0.15, -0.1) is 0 Å². The first kappa shape index (κ1) is 46.9. The molecule has 2 heterocycles. The van der Waals surface area contributed by atoms with Gasteiger partial charge in [0.15, 0.2) is 11.9 Å². The fourth-order valence-electron chi connectivity index (χ4n) is 15.9. The molecule has 10 aliphatic rings. The van der Waals surface area contributed by atoms with E-state index in [9.17, 15) is 20.4 Å². The molecule has 12 heteroatoms. The molecule has 2 atom stereocenters. The van der Waals surface area contributed by atoms with Crippen LogP contribution in [0.3, 0.4) is 0 Å². The largest absolute Gasteiger partial charge is 0.338 e. The maximum atomic E-state index is 13.7. The van der Waals surface area contributed by atoms with Gasteiger partial charge in [-0.1, -0.05) is 66.7 Å².